The Morgan fingerprint density at radius 3 is 2.95 bits per heavy atom. The number of aromatic nitrogens is 2. The lowest BCUT2D eigenvalue weighted by atomic mass is 9.90. The molecule has 100 valence electrons. The summed E-state index contributed by atoms with van der Waals surface area (Å²) in [4.78, 5) is 6.58. The summed E-state index contributed by atoms with van der Waals surface area (Å²) in [7, 11) is 0. The highest BCUT2D eigenvalue weighted by Gasteiger charge is 2.21. The van der Waals surface area contributed by atoms with Crippen LogP contribution in [0.2, 0.25) is 0 Å². The van der Waals surface area contributed by atoms with E-state index in [2.05, 4.69) is 45.4 Å². The highest BCUT2D eigenvalue weighted by Crippen LogP contribution is 2.26. The van der Waals surface area contributed by atoms with Gasteiger partial charge in [0.1, 0.15) is 0 Å². The number of hydrogen-bond donors (Lipinski definition) is 0. The van der Waals surface area contributed by atoms with Gasteiger partial charge in [0.2, 0.25) is 6.39 Å². The molecule has 3 rings (SSSR count). The zero-order valence-electron chi connectivity index (χ0n) is 11.0. The van der Waals surface area contributed by atoms with Gasteiger partial charge in [-0.1, -0.05) is 35.5 Å². The average molecular weight is 257 g/mol. The normalized spacial score (nSPS) is 20.5. The predicted octanol–water partition coefficient (Wildman–Crippen LogP) is 2.49. The lowest BCUT2D eigenvalue weighted by molar-refractivity contribution is 0.208. The van der Waals surface area contributed by atoms with E-state index in [0.29, 0.717) is 5.92 Å². The molecule has 0 bridgehead atoms. The van der Waals surface area contributed by atoms with Gasteiger partial charge in [0.25, 0.3) is 0 Å². The molecule has 0 spiro atoms. The van der Waals surface area contributed by atoms with Gasteiger partial charge in [-0.3, -0.25) is 0 Å². The molecule has 0 amide bonds. The fraction of sp³-hybridized carbons (Fsp3) is 0.467. The van der Waals surface area contributed by atoms with Crippen LogP contribution in [0.25, 0.3) is 0 Å². The summed E-state index contributed by atoms with van der Waals surface area (Å²) >= 11 is 0. The summed E-state index contributed by atoms with van der Waals surface area (Å²) in [6, 6.07) is 10.8. The van der Waals surface area contributed by atoms with E-state index < -0.39 is 0 Å². The predicted molar refractivity (Wildman–Crippen MR) is 72.9 cm³/mol. The number of likely N-dealkylation sites (tertiary alicyclic amines) is 1. The average Bonchev–Trinajstić information content (AvgIpc) is 3.00. The third-order valence-electron chi connectivity index (χ3n) is 3.84. The zero-order chi connectivity index (χ0) is 12.9. The van der Waals surface area contributed by atoms with Crippen molar-refractivity contribution in [2.45, 2.75) is 25.2 Å². The van der Waals surface area contributed by atoms with E-state index in [4.69, 9.17) is 4.52 Å². The molecule has 1 saturated heterocycles. The molecule has 0 radical (unpaired) electrons. The van der Waals surface area contributed by atoms with Crippen LogP contribution in [0.3, 0.4) is 0 Å². The van der Waals surface area contributed by atoms with Crippen molar-refractivity contribution in [2.24, 2.45) is 0 Å². The van der Waals surface area contributed by atoms with Crippen LogP contribution in [0.5, 0.6) is 0 Å². The van der Waals surface area contributed by atoms with Gasteiger partial charge in [-0.15, -0.1) is 0 Å². The summed E-state index contributed by atoms with van der Waals surface area (Å²) in [6.45, 7) is 3.34. The van der Waals surface area contributed by atoms with Gasteiger partial charge < -0.3 is 9.42 Å². The van der Waals surface area contributed by atoms with Crippen molar-refractivity contribution in [1.29, 1.82) is 0 Å². The van der Waals surface area contributed by atoms with Crippen molar-refractivity contribution in [3.63, 3.8) is 0 Å². The van der Waals surface area contributed by atoms with Gasteiger partial charge in [0, 0.05) is 19.5 Å². The third-order valence-corrected chi connectivity index (χ3v) is 3.84. The van der Waals surface area contributed by atoms with E-state index in [-0.39, 0.29) is 0 Å². The summed E-state index contributed by atoms with van der Waals surface area (Å²) in [5, 5.41) is 3.87. The highest BCUT2D eigenvalue weighted by atomic mass is 16.5. The second-order valence-corrected chi connectivity index (χ2v) is 5.15. The highest BCUT2D eigenvalue weighted by molar-refractivity contribution is 5.20. The first-order valence-electron chi connectivity index (χ1n) is 6.94. The molecule has 19 heavy (non-hydrogen) atoms. The fourth-order valence-electron chi connectivity index (χ4n) is 2.82. The van der Waals surface area contributed by atoms with Gasteiger partial charge in [-0.2, -0.15) is 4.98 Å². The van der Waals surface area contributed by atoms with E-state index in [9.17, 15) is 0 Å². The Morgan fingerprint density at radius 1 is 1.26 bits per heavy atom. The van der Waals surface area contributed by atoms with Gasteiger partial charge in [0.05, 0.1) is 0 Å². The summed E-state index contributed by atoms with van der Waals surface area (Å²) < 4.78 is 4.77. The molecule has 4 nitrogen and oxygen atoms in total. The molecule has 2 heterocycles. The third kappa shape index (κ3) is 3.20. The van der Waals surface area contributed by atoms with Gasteiger partial charge >= 0.3 is 0 Å². The number of hydrogen-bond acceptors (Lipinski definition) is 4. The molecule has 2 aromatic rings. The standard InChI is InChI=1S/C15H19N3O/c1-2-5-13(6-3-1)14-7-4-9-18(11-14)10-8-15-16-12-19-17-15/h1-3,5-6,12,14H,4,7-11H2. The Balaban J connectivity index is 1.56. The number of benzene rings is 1. The maximum Gasteiger partial charge on any atom is 0.213 e. The lowest BCUT2D eigenvalue weighted by Gasteiger charge is -2.32. The summed E-state index contributed by atoms with van der Waals surface area (Å²) in [5.41, 5.74) is 1.46. The van der Waals surface area contributed by atoms with Crippen LogP contribution < -0.4 is 0 Å². The SMILES string of the molecule is c1ccc(C2CCCN(CCc3ncon3)C2)cc1. The molecule has 1 aliphatic rings. The van der Waals surface area contributed by atoms with Crippen molar-refractivity contribution < 1.29 is 4.52 Å². The van der Waals surface area contributed by atoms with E-state index in [1.54, 1.807) is 0 Å². The van der Waals surface area contributed by atoms with Crippen molar-refractivity contribution >= 4 is 0 Å². The zero-order valence-corrected chi connectivity index (χ0v) is 11.0. The van der Waals surface area contributed by atoms with Crippen LogP contribution in [-0.4, -0.2) is 34.7 Å². The van der Waals surface area contributed by atoms with Crippen LogP contribution >= 0.6 is 0 Å². The van der Waals surface area contributed by atoms with E-state index >= 15 is 0 Å². The molecule has 1 aromatic heterocycles. The first-order valence-corrected chi connectivity index (χ1v) is 6.94. The molecule has 1 aliphatic heterocycles. The second-order valence-electron chi connectivity index (χ2n) is 5.15. The summed E-state index contributed by atoms with van der Waals surface area (Å²) in [6.07, 6.45) is 4.84. The van der Waals surface area contributed by atoms with Crippen molar-refractivity contribution in [2.75, 3.05) is 19.6 Å². The topological polar surface area (TPSA) is 42.2 Å². The Bertz CT molecular complexity index is 483. The fourth-order valence-corrected chi connectivity index (χ4v) is 2.82. The monoisotopic (exact) mass is 257 g/mol. The number of rotatable bonds is 4. The molecule has 0 aliphatic carbocycles. The Morgan fingerprint density at radius 2 is 2.16 bits per heavy atom. The summed E-state index contributed by atoms with van der Waals surface area (Å²) in [5.74, 6) is 1.47. The molecular formula is C15H19N3O. The van der Waals surface area contributed by atoms with Crippen LogP contribution in [0.1, 0.15) is 30.1 Å². The van der Waals surface area contributed by atoms with E-state index in [0.717, 1.165) is 25.3 Å². The lowest BCUT2D eigenvalue weighted by Crippen LogP contribution is -2.35. The smallest absolute Gasteiger partial charge is 0.213 e. The van der Waals surface area contributed by atoms with Crippen LogP contribution in [0, 0.1) is 0 Å². The van der Waals surface area contributed by atoms with Crippen molar-refractivity contribution in [1.82, 2.24) is 15.0 Å². The van der Waals surface area contributed by atoms with Gasteiger partial charge in [-0.05, 0) is 30.9 Å². The van der Waals surface area contributed by atoms with Crippen molar-refractivity contribution in [3.05, 3.63) is 48.1 Å². The molecule has 0 saturated carbocycles. The van der Waals surface area contributed by atoms with Crippen LogP contribution in [0.15, 0.2) is 41.2 Å². The minimum absolute atomic E-state index is 0.667. The van der Waals surface area contributed by atoms with Gasteiger partial charge in [-0.25, -0.2) is 0 Å². The second kappa shape index (κ2) is 5.97. The van der Waals surface area contributed by atoms with E-state index in [1.807, 2.05) is 0 Å². The first kappa shape index (κ1) is 12.4. The first-order chi connectivity index (χ1) is 9.42. The minimum Gasteiger partial charge on any atom is -0.343 e. The number of nitrogens with zero attached hydrogens (tertiary/aromatic N) is 3. The van der Waals surface area contributed by atoms with Crippen molar-refractivity contribution in [3.8, 4) is 0 Å². The maximum absolute atomic E-state index is 4.77. The molecular weight excluding hydrogens is 238 g/mol. The van der Waals surface area contributed by atoms with Crippen LogP contribution in [0.4, 0.5) is 0 Å². The molecule has 1 atom stereocenters. The van der Waals surface area contributed by atoms with E-state index in [1.165, 1.54) is 31.3 Å². The van der Waals surface area contributed by atoms with Gasteiger partial charge in [0.15, 0.2) is 5.82 Å². The molecule has 1 aromatic carbocycles. The number of piperidine rings is 1. The quantitative estimate of drug-likeness (QED) is 0.844. The van der Waals surface area contributed by atoms with Crippen LogP contribution in [-0.2, 0) is 6.42 Å². The Labute approximate surface area is 113 Å². The molecule has 1 fully saturated rings. The Kier molecular flexibility index (Phi) is 3.89. The molecule has 1 unspecified atom stereocenters. The maximum atomic E-state index is 4.77. The molecule has 4 heteroatoms. The largest absolute Gasteiger partial charge is 0.343 e. The molecule has 0 N–H and O–H groups in total. The minimum atomic E-state index is 0.667. The Hall–Kier alpha value is -1.68.